The van der Waals surface area contributed by atoms with Crippen LogP contribution in [0.2, 0.25) is 0 Å². The third kappa shape index (κ3) is 3.70. The Bertz CT molecular complexity index is 909. The Hall–Kier alpha value is -1.65. The van der Waals surface area contributed by atoms with E-state index in [9.17, 15) is 10.1 Å². The van der Waals surface area contributed by atoms with E-state index in [4.69, 9.17) is 0 Å². The number of hydrogen-bond donors (Lipinski definition) is 0. The van der Waals surface area contributed by atoms with E-state index in [2.05, 4.69) is 29.9 Å². The topological polar surface area (TPSA) is 69.9 Å². The molecule has 0 aliphatic heterocycles. The maximum absolute atomic E-state index is 13.1. The molecule has 1 saturated carbocycles. The summed E-state index contributed by atoms with van der Waals surface area (Å²) >= 11 is 3.15. The van der Waals surface area contributed by atoms with E-state index < -0.39 is 5.54 Å². The van der Waals surface area contributed by atoms with Crippen LogP contribution in [0.25, 0.3) is 10.2 Å². The van der Waals surface area contributed by atoms with Crippen LogP contribution in [-0.2, 0) is 4.79 Å². The lowest BCUT2D eigenvalue weighted by molar-refractivity contribution is -0.133. The summed E-state index contributed by atoms with van der Waals surface area (Å²) in [6, 6.07) is 2.44. The zero-order chi connectivity index (χ0) is 19.8. The SMILES string of the molecule is Cc1nc(S[C@@H](C)C(=O)N(C)C2(C#N)CCCCC2)c2c(C)c(C)sc2n1. The number of carbonyl (C=O) groups excluding carboxylic acids is 1. The van der Waals surface area contributed by atoms with Crippen molar-refractivity contribution < 1.29 is 4.79 Å². The smallest absolute Gasteiger partial charge is 0.236 e. The van der Waals surface area contributed by atoms with Crippen molar-refractivity contribution in [3.63, 3.8) is 0 Å². The lowest BCUT2D eigenvalue weighted by Crippen LogP contribution is -2.52. The number of nitrogens with zero attached hydrogens (tertiary/aromatic N) is 4. The summed E-state index contributed by atoms with van der Waals surface area (Å²) in [7, 11) is 1.79. The maximum atomic E-state index is 13.1. The molecule has 3 rings (SSSR count). The van der Waals surface area contributed by atoms with Gasteiger partial charge in [0, 0.05) is 17.3 Å². The van der Waals surface area contributed by atoms with E-state index in [1.54, 1.807) is 23.3 Å². The van der Waals surface area contributed by atoms with E-state index in [-0.39, 0.29) is 11.2 Å². The average molecular weight is 403 g/mol. The van der Waals surface area contributed by atoms with E-state index >= 15 is 0 Å². The van der Waals surface area contributed by atoms with E-state index in [0.717, 1.165) is 53.2 Å². The zero-order valence-electron chi connectivity index (χ0n) is 16.6. The molecule has 5 nitrogen and oxygen atoms in total. The van der Waals surface area contributed by atoms with Crippen molar-refractivity contribution >= 4 is 39.2 Å². The Morgan fingerprint density at radius 2 is 1.93 bits per heavy atom. The Balaban J connectivity index is 1.87. The molecule has 0 spiro atoms. The van der Waals surface area contributed by atoms with Crippen LogP contribution in [0.5, 0.6) is 0 Å². The fourth-order valence-corrected chi connectivity index (χ4v) is 6.05. The van der Waals surface area contributed by atoms with Crippen molar-refractivity contribution in [3.8, 4) is 6.07 Å². The highest BCUT2D eigenvalue weighted by Crippen LogP contribution is 2.38. The molecule has 2 aromatic heterocycles. The average Bonchev–Trinajstić information content (AvgIpc) is 2.94. The van der Waals surface area contributed by atoms with Crippen LogP contribution >= 0.6 is 23.1 Å². The minimum absolute atomic E-state index is 0.00234. The minimum atomic E-state index is -0.657. The second kappa shape index (κ2) is 7.76. The number of fused-ring (bicyclic) bond motifs is 1. The van der Waals surface area contributed by atoms with Gasteiger partial charge in [-0.25, -0.2) is 9.97 Å². The van der Waals surface area contributed by atoms with Crippen LogP contribution in [0.15, 0.2) is 5.03 Å². The number of thioether (sulfide) groups is 1. The molecule has 144 valence electrons. The van der Waals surface area contributed by atoms with Gasteiger partial charge < -0.3 is 4.90 Å². The predicted octanol–water partition coefficient (Wildman–Crippen LogP) is 4.78. The maximum Gasteiger partial charge on any atom is 0.236 e. The fraction of sp³-hybridized carbons (Fsp3) is 0.600. The molecule has 2 aromatic rings. The molecule has 1 aliphatic rings. The number of thiophene rings is 1. The molecule has 0 N–H and O–H groups in total. The summed E-state index contributed by atoms with van der Waals surface area (Å²) in [4.78, 5) is 26.2. The summed E-state index contributed by atoms with van der Waals surface area (Å²) in [5.74, 6) is 0.720. The van der Waals surface area contributed by atoms with Crippen molar-refractivity contribution in [2.75, 3.05) is 7.05 Å². The third-order valence-corrected chi connectivity index (χ3v) is 7.78. The Morgan fingerprint density at radius 1 is 1.26 bits per heavy atom. The fourth-order valence-electron chi connectivity index (χ4n) is 3.76. The number of amides is 1. The van der Waals surface area contributed by atoms with Gasteiger partial charge in [-0.1, -0.05) is 31.0 Å². The van der Waals surface area contributed by atoms with E-state index in [1.165, 1.54) is 22.2 Å². The lowest BCUT2D eigenvalue weighted by atomic mass is 9.81. The normalized spacial score (nSPS) is 17.5. The van der Waals surface area contributed by atoms with Gasteiger partial charge in [-0.05, 0) is 46.1 Å². The standard InChI is InChI=1S/C20H26N4OS2/c1-12-13(2)26-17-16(12)18(23-15(4)22-17)27-14(3)19(25)24(5)20(11-21)9-7-6-8-10-20/h14H,6-10H2,1-5H3/t14-/m0/s1. The van der Waals surface area contributed by atoms with Gasteiger partial charge in [-0.15, -0.1) is 11.3 Å². The first-order valence-corrected chi connectivity index (χ1v) is 11.1. The van der Waals surface area contributed by atoms with Crippen LogP contribution < -0.4 is 0 Å². The number of rotatable bonds is 4. The summed E-state index contributed by atoms with van der Waals surface area (Å²) in [6.45, 7) is 7.98. The molecule has 0 bridgehead atoms. The van der Waals surface area contributed by atoms with Crippen LogP contribution in [-0.4, -0.2) is 38.6 Å². The number of aromatic nitrogens is 2. The van der Waals surface area contributed by atoms with Gasteiger partial charge in [0.2, 0.25) is 5.91 Å². The second-order valence-corrected chi connectivity index (χ2v) is 9.93. The van der Waals surface area contributed by atoms with Gasteiger partial charge in [-0.3, -0.25) is 4.79 Å². The van der Waals surface area contributed by atoms with Gasteiger partial charge in [-0.2, -0.15) is 5.26 Å². The Morgan fingerprint density at radius 3 is 2.56 bits per heavy atom. The minimum Gasteiger partial charge on any atom is -0.326 e. The first kappa shape index (κ1) is 20.1. The van der Waals surface area contributed by atoms with Crippen LogP contribution in [0.3, 0.4) is 0 Å². The summed E-state index contributed by atoms with van der Waals surface area (Å²) in [5.41, 5.74) is 0.530. The monoisotopic (exact) mass is 402 g/mol. The second-order valence-electron chi connectivity index (χ2n) is 7.40. The summed E-state index contributed by atoms with van der Waals surface area (Å²) in [6.07, 6.45) is 4.69. The molecule has 0 saturated heterocycles. The van der Waals surface area contributed by atoms with Gasteiger partial charge in [0.05, 0.1) is 11.3 Å². The summed E-state index contributed by atoms with van der Waals surface area (Å²) in [5, 5.41) is 11.4. The third-order valence-electron chi connectivity index (χ3n) is 5.60. The largest absolute Gasteiger partial charge is 0.326 e. The first-order chi connectivity index (χ1) is 12.8. The molecule has 0 aromatic carbocycles. The van der Waals surface area contributed by atoms with Crippen molar-refractivity contribution in [2.45, 2.75) is 75.6 Å². The van der Waals surface area contributed by atoms with Crippen molar-refractivity contribution in [1.82, 2.24) is 14.9 Å². The quantitative estimate of drug-likeness (QED) is 0.543. The van der Waals surface area contributed by atoms with Crippen LogP contribution in [0.4, 0.5) is 0 Å². The highest BCUT2D eigenvalue weighted by Gasteiger charge is 2.40. The van der Waals surface area contributed by atoms with Gasteiger partial charge >= 0.3 is 0 Å². The predicted molar refractivity (Wildman–Crippen MR) is 111 cm³/mol. The molecule has 0 unspecified atom stereocenters. The molecule has 1 atom stereocenters. The van der Waals surface area contributed by atoms with Crippen molar-refractivity contribution in [1.29, 1.82) is 5.26 Å². The number of aryl methyl sites for hydroxylation is 3. The molecule has 1 fully saturated rings. The van der Waals surface area contributed by atoms with Gasteiger partial charge in [0.15, 0.2) is 0 Å². The first-order valence-electron chi connectivity index (χ1n) is 9.39. The molecular formula is C20H26N4OS2. The number of nitriles is 1. The highest BCUT2D eigenvalue weighted by atomic mass is 32.2. The molecule has 1 amide bonds. The molecule has 2 heterocycles. The molecule has 27 heavy (non-hydrogen) atoms. The zero-order valence-corrected chi connectivity index (χ0v) is 18.3. The molecular weight excluding hydrogens is 376 g/mol. The van der Waals surface area contributed by atoms with Crippen molar-refractivity contribution in [2.24, 2.45) is 0 Å². The molecule has 7 heteroatoms. The highest BCUT2D eigenvalue weighted by molar-refractivity contribution is 8.00. The molecule has 1 aliphatic carbocycles. The molecule has 0 radical (unpaired) electrons. The lowest BCUT2D eigenvalue weighted by Gasteiger charge is -2.40. The van der Waals surface area contributed by atoms with Gasteiger partial charge in [0.1, 0.15) is 21.2 Å². The summed E-state index contributed by atoms with van der Waals surface area (Å²) < 4.78 is 0. The Kier molecular flexibility index (Phi) is 5.78. The van der Waals surface area contributed by atoms with E-state index in [1.807, 2.05) is 13.8 Å². The number of hydrogen-bond acceptors (Lipinski definition) is 6. The number of carbonyl (C=O) groups is 1. The van der Waals surface area contributed by atoms with E-state index in [0.29, 0.717) is 0 Å². The van der Waals surface area contributed by atoms with Gasteiger partial charge in [0.25, 0.3) is 0 Å². The van der Waals surface area contributed by atoms with Crippen LogP contribution in [0.1, 0.15) is 55.3 Å². The van der Waals surface area contributed by atoms with Crippen LogP contribution in [0, 0.1) is 32.1 Å². The van der Waals surface area contributed by atoms with Crippen molar-refractivity contribution in [3.05, 3.63) is 16.3 Å². The Labute approximate surface area is 169 Å².